The minimum absolute atomic E-state index is 0.120. The van der Waals surface area contributed by atoms with Crippen molar-refractivity contribution in [1.29, 1.82) is 0 Å². The molecule has 19 heavy (non-hydrogen) atoms. The van der Waals surface area contributed by atoms with Crippen molar-refractivity contribution in [1.82, 2.24) is 4.90 Å². The van der Waals surface area contributed by atoms with Gasteiger partial charge in [-0.3, -0.25) is 9.69 Å². The van der Waals surface area contributed by atoms with Gasteiger partial charge in [-0.05, 0) is 32.0 Å². The number of hydrogen-bond donors (Lipinski definition) is 2. The molecule has 1 aromatic carbocycles. The van der Waals surface area contributed by atoms with Gasteiger partial charge in [-0.1, -0.05) is 12.1 Å². The molecule has 0 radical (unpaired) electrons. The third kappa shape index (κ3) is 2.57. The first-order valence-corrected chi connectivity index (χ1v) is 6.24. The van der Waals surface area contributed by atoms with Crippen LogP contribution in [0.25, 0.3) is 0 Å². The smallest absolute Gasteiger partial charge is 0.317 e. The van der Waals surface area contributed by atoms with Gasteiger partial charge >= 0.3 is 5.97 Å². The van der Waals surface area contributed by atoms with Crippen LogP contribution in [-0.4, -0.2) is 47.3 Å². The van der Waals surface area contributed by atoms with E-state index >= 15 is 0 Å². The molecule has 2 unspecified atom stereocenters. The minimum atomic E-state index is -0.916. The lowest BCUT2D eigenvalue weighted by Crippen LogP contribution is -2.46. The topological polar surface area (TPSA) is 70.0 Å². The number of fused-ring (bicyclic) bond motifs is 1. The van der Waals surface area contributed by atoms with E-state index in [1.54, 1.807) is 11.9 Å². The van der Waals surface area contributed by atoms with Crippen LogP contribution >= 0.6 is 0 Å². The summed E-state index contributed by atoms with van der Waals surface area (Å²) in [5.74, 6) is -0.187. The second-order valence-corrected chi connectivity index (χ2v) is 5.06. The molecule has 0 spiro atoms. The summed E-state index contributed by atoms with van der Waals surface area (Å²) in [6, 6.07) is 3.45. The molecule has 2 N–H and O–H groups in total. The molecule has 1 heterocycles. The molecule has 1 aromatic rings. The van der Waals surface area contributed by atoms with E-state index in [0.29, 0.717) is 6.61 Å². The number of carbonyl (C=O) groups is 1. The van der Waals surface area contributed by atoms with Crippen LogP contribution in [0.5, 0.6) is 5.75 Å². The second kappa shape index (κ2) is 5.19. The van der Waals surface area contributed by atoms with E-state index in [1.807, 2.05) is 26.0 Å². The summed E-state index contributed by atoms with van der Waals surface area (Å²) in [5.41, 5.74) is 2.87. The van der Waals surface area contributed by atoms with Gasteiger partial charge in [0.1, 0.15) is 18.5 Å². The lowest BCUT2D eigenvalue weighted by Gasteiger charge is -2.36. The van der Waals surface area contributed by atoms with Crippen LogP contribution in [0.2, 0.25) is 0 Å². The summed E-state index contributed by atoms with van der Waals surface area (Å²) in [7, 11) is 1.68. The highest BCUT2D eigenvalue weighted by atomic mass is 16.5. The van der Waals surface area contributed by atoms with Gasteiger partial charge < -0.3 is 14.9 Å². The van der Waals surface area contributed by atoms with Crippen LogP contribution in [0.3, 0.4) is 0 Å². The molecule has 0 bridgehead atoms. The molecule has 0 aromatic heterocycles. The largest absolute Gasteiger partial charge is 0.491 e. The van der Waals surface area contributed by atoms with Crippen LogP contribution in [0, 0.1) is 13.8 Å². The van der Waals surface area contributed by atoms with Crippen molar-refractivity contribution in [3.8, 4) is 5.75 Å². The third-order valence-electron chi connectivity index (χ3n) is 3.74. The zero-order chi connectivity index (χ0) is 14.2. The van der Waals surface area contributed by atoms with Gasteiger partial charge in [-0.25, -0.2) is 0 Å². The van der Waals surface area contributed by atoms with E-state index in [-0.39, 0.29) is 12.6 Å². The molecule has 5 heteroatoms. The first kappa shape index (κ1) is 13.8. The molecule has 104 valence electrons. The van der Waals surface area contributed by atoms with Crippen molar-refractivity contribution in [3.05, 3.63) is 28.8 Å². The van der Waals surface area contributed by atoms with Gasteiger partial charge in [-0.2, -0.15) is 0 Å². The number of ether oxygens (including phenoxy) is 1. The van der Waals surface area contributed by atoms with Gasteiger partial charge in [0.15, 0.2) is 0 Å². The first-order valence-electron chi connectivity index (χ1n) is 6.24. The molecule has 0 aliphatic carbocycles. The summed E-state index contributed by atoms with van der Waals surface area (Å²) in [4.78, 5) is 12.3. The van der Waals surface area contributed by atoms with Crippen molar-refractivity contribution in [2.75, 3.05) is 20.2 Å². The Balaban J connectivity index is 2.27. The number of aliphatic hydroxyl groups is 1. The number of rotatable bonds is 3. The fourth-order valence-corrected chi connectivity index (χ4v) is 2.40. The van der Waals surface area contributed by atoms with Crippen LogP contribution in [0.15, 0.2) is 12.1 Å². The zero-order valence-electron chi connectivity index (χ0n) is 11.4. The average molecular weight is 265 g/mol. The minimum Gasteiger partial charge on any atom is -0.491 e. The van der Waals surface area contributed by atoms with Gasteiger partial charge in [-0.15, -0.1) is 0 Å². The van der Waals surface area contributed by atoms with Crippen LogP contribution in [-0.2, 0) is 4.79 Å². The summed E-state index contributed by atoms with van der Waals surface area (Å²) in [6.07, 6.45) is -0.729. The molecular formula is C14H19NO4. The summed E-state index contributed by atoms with van der Waals surface area (Å²) in [5, 5.41) is 19.2. The highest BCUT2D eigenvalue weighted by molar-refractivity contribution is 5.69. The number of likely N-dealkylation sites (N-methyl/N-ethyl adjacent to an activating group) is 1. The number of carboxylic acid groups (broad SMARTS) is 1. The molecule has 5 nitrogen and oxygen atoms in total. The zero-order valence-corrected chi connectivity index (χ0v) is 11.4. The number of aryl methyl sites for hydroxylation is 1. The molecule has 0 saturated heterocycles. The van der Waals surface area contributed by atoms with E-state index in [2.05, 4.69) is 0 Å². The third-order valence-corrected chi connectivity index (χ3v) is 3.74. The molecule has 2 rings (SSSR count). The SMILES string of the molecule is Cc1ccc2c(c1C)OCC(N(C)CC(=O)O)C2O. The Labute approximate surface area is 112 Å². The summed E-state index contributed by atoms with van der Waals surface area (Å²) < 4.78 is 5.73. The number of aliphatic carboxylic acids is 1. The Bertz CT molecular complexity index is 500. The van der Waals surface area contributed by atoms with E-state index < -0.39 is 12.1 Å². The number of aliphatic hydroxyl groups excluding tert-OH is 1. The van der Waals surface area contributed by atoms with Crippen molar-refractivity contribution < 1.29 is 19.7 Å². The fraction of sp³-hybridized carbons (Fsp3) is 0.500. The van der Waals surface area contributed by atoms with Gasteiger partial charge in [0, 0.05) is 5.56 Å². The maximum atomic E-state index is 10.7. The second-order valence-electron chi connectivity index (χ2n) is 5.06. The molecule has 0 saturated carbocycles. The quantitative estimate of drug-likeness (QED) is 0.857. The Morgan fingerprint density at radius 1 is 1.47 bits per heavy atom. The summed E-state index contributed by atoms with van der Waals surface area (Å²) in [6.45, 7) is 4.13. The lowest BCUT2D eigenvalue weighted by atomic mass is 9.94. The van der Waals surface area contributed by atoms with Gasteiger partial charge in [0.25, 0.3) is 0 Å². The highest BCUT2D eigenvalue weighted by Crippen LogP contribution is 2.37. The number of nitrogens with zero attached hydrogens (tertiary/aromatic N) is 1. The lowest BCUT2D eigenvalue weighted by molar-refractivity contribution is -0.139. The number of hydrogen-bond acceptors (Lipinski definition) is 4. The summed E-state index contributed by atoms with van der Waals surface area (Å²) >= 11 is 0. The first-order chi connectivity index (χ1) is 8.91. The monoisotopic (exact) mass is 265 g/mol. The molecular weight excluding hydrogens is 246 g/mol. The van der Waals surface area contributed by atoms with Crippen LogP contribution in [0.4, 0.5) is 0 Å². The molecule has 1 aliphatic heterocycles. The Morgan fingerprint density at radius 3 is 2.79 bits per heavy atom. The Hall–Kier alpha value is -1.59. The van der Waals surface area contributed by atoms with Crippen molar-refractivity contribution in [3.63, 3.8) is 0 Å². The molecule has 0 amide bonds. The highest BCUT2D eigenvalue weighted by Gasteiger charge is 2.33. The number of carboxylic acids is 1. The standard InChI is InChI=1S/C14H19NO4/c1-8-4-5-10-13(18)11(15(3)6-12(16)17)7-19-14(10)9(8)2/h4-5,11,13,18H,6-7H2,1-3H3,(H,16,17). The van der Waals surface area contributed by atoms with Crippen LogP contribution in [0.1, 0.15) is 22.8 Å². The Morgan fingerprint density at radius 2 is 2.16 bits per heavy atom. The van der Waals surface area contributed by atoms with Gasteiger partial charge in [0.2, 0.25) is 0 Å². The van der Waals surface area contributed by atoms with Crippen molar-refractivity contribution in [2.24, 2.45) is 0 Å². The molecule has 2 atom stereocenters. The van der Waals surface area contributed by atoms with E-state index in [0.717, 1.165) is 22.4 Å². The predicted molar refractivity (Wildman–Crippen MR) is 70.4 cm³/mol. The van der Waals surface area contributed by atoms with Crippen molar-refractivity contribution in [2.45, 2.75) is 26.0 Å². The normalized spacial score (nSPS) is 21.9. The molecule has 1 aliphatic rings. The average Bonchev–Trinajstić information content (AvgIpc) is 2.33. The van der Waals surface area contributed by atoms with E-state index in [1.165, 1.54) is 0 Å². The van der Waals surface area contributed by atoms with E-state index in [9.17, 15) is 9.90 Å². The van der Waals surface area contributed by atoms with E-state index in [4.69, 9.17) is 9.84 Å². The molecule has 0 fully saturated rings. The fourth-order valence-electron chi connectivity index (χ4n) is 2.40. The maximum Gasteiger partial charge on any atom is 0.317 e. The van der Waals surface area contributed by atoms with Gasteiger partial charge in [0.05, 0.1) is 12.6 Å². The van der Waals surface area contributed by atoms with Crippen LogP contribution < -0.4 is 4.74 Å². The predicted octanol–water partition coefficient (Wildman–Crippen LogP) is 1.11. The Kier molecular flexibility index (Phi) is 3.78. The number of benzene rings is 1. The maximum absolute atomic E-state index is 10.7. The van der Waals surface area contributed by atoms with Crippen molar-refractivity contribution >= 4 is 5.97 Å².